The number of thiophene rings is 1. The molecule has 130 valence electrons. The molecule has 5 nitrogen and oxygen atoms in total. The number of aromatic nitrogens is 2. The first-order chi connectivity index (χ1) is 12.3. The van der Waals surface area contributed by atoms with Gasteiger partial charge in [0.15, 0.2) is 5.69 Å². The molecule has 3 aromatic rings. The molecule has 0 spiro atoms. The number of carbonyl (C=O) groups excluding carboxylic acids is 1. The summed E-state index contributed by atoms with van der Waals surface area (Å²) in [4.78, 5) is 13.7. The molecule has 0 radical (unpaired) electrons. The Balaban J connectivity index is 1.64. The van der Waals surface area contributed by atoms with Crippen LogP contribution in [-0.4, -0.2) is 28.8 Å². The van der Waals surface area contributed by atoms with Crippen LogP contribution in [0, 0.1) is 0 Å². The van der Waals surface area contributed by atoms with E-state index in [2.05, 4.69) is 21.9 Å². The van der Waals surface area contributed by atoms with Gasteiger partial charge in [-0.05, 0) is 43.3 Å². The van der Waals surface area contributed by atoms with Crippen molar-refractivity contribution >= 4 is 17.2 Å². The number of aryl methyl sites for hydroxylation is 1. The number of ether oxygens (including phenoxy) is 1. The van der Waals surface area contributed by atoms with Gasteiger partial charge >= 0.3 is 0 Å². The van der Waals surface area contributed by atoms with Crippen LogP contribution in [0.2, 0.25) is 0 Å². The molecule has 1 aromatic carbocycles. The Bertz CT molecular complexity index is 797. The average molecular weight is 355 g/mol. The molecule has 0 saturated carbocycles. The van der Waals surface area contributed by atoms with Gasteiger partial charge in [0.2, 0.25) is 5.88 Å². The number of amides is 1. The lowest BCUT2D eigenvalue weighted by Crippen LogP contribution is -2.25. The Morgan fingerprint density at radius 2 is 2.08 bits per heavy atom. The van der Waals surface area contributed by atoms with Crippen molar-refractivity contribution in [3.05, 3.63) is 64.5 Å². The number of benzene rings is 1. The van der Waals surface area contributed by atoms with E-state index in [4.69, 9.17) is 4.74 Å². The highest BCUT2D eigenvalue weighted by Gasteiger charge is 2.16. The maximum atomic E-state index is 12.4. The number of hydrogen-bond acceptors (Lipinski definition) is 4. The molecule has 3 rings (SSSR count). The van der Waals surface area contributed by atoms with Gasteiger partial charge in [0.25, 0.3) is 5.91 Å². The van der Waals surface area contributed by atoms with E-state index in [1.165, 1.54) is 4.88 Å². The maximum Gasteiger partial charge on any atom is 0.271 e. The lowest BCUT2D eigenvalue weighted by atomic mass is 10.2. The largest absolute Gasteiger partial charge is 0.478 e. The Kier molecular flexibility index (Phi) is 5.85. The minimum atomic E-state index is -0.179. The van der Waals surface area contributed by atoms with Crippen LogP contribution in [-0.2, 0) is 6.42 Å². The number of para-hydroxylation sites is 1. The fourth-order valence-corrected chi connectivity index (χ4v) is 3.24. The second kappa shape index (κ2) is 8.48. The third-order valence-electron chi connectivity index (χ3n) is 3.67. The maximum absolute atomic E-state index is 12.4. The molecular weight excluding hydrogens is 334 g/mol. The highest BCUT2D eigenvalue weighted by Crippen LogP contribution is 2.19. The van der Waals surface area contributed by atoms with Crippen molar-refractivity contribution in [3.8, 4) is 11.6 Å². The quantitative estimate of drug-likeness (QED) is 0.627. The van der Waals surface area contributed by atoms with Crippen molar-refractivity contribution in [2.75, 3.05) is 13.2 Å². The summed E-state index contributed by atoms with van der Waals surface area (Å²) in [6, 6.07) is 15.5. The van der Waals surface area contributed by atoms with Crippen molar-refractivity contribution in [3.63, 3.8) is 0 Å². The SMILES string of the molecule is CCOc1cc(C(=O)NCCCc2cccs2)nn1-c1ccccc1. The molecular formula is C19H21N3O2S. The molecule has 6 heteroatoms. The smallest absolute Gasteiger partial charge is 0.271 e. The third-order valence-corrected chi connectivity index (χ3v) is 4.60. The summed E-state index contributed by atoms with van der Waals surface area (Å²) in [5.41, 5.74) is 1.23. The van der Waals surface area contributed by atoms with Crippen LogP contribution in [0.25, 0.3) is 5.69 Å². The first-order valence-electron chi connectivity index (χ1n) is 8.37. The van der Waals surface area contributed by atoms with E-state index in [1.807, 2.05) is 43.3 Å². The summed E-state index contributed by atoms with van der Waals surface area (Å²) < 4.78 is 7.28. The van der Waals surface area contributed by atoms with Gasteiger partial charge in [-0.15, -0.1) is 11.3 Å². The molecule has 25 heavy (non-hydrogen) atoms. The summed E-state index contributed by atoms with van der Waals surface area (Å²) in [7, 11) is 0. The number of rotatable bonds is 8. The predicted octanol–water partition coefficient (Wildman–Crippen LogP) is 3.70. The van der Waals surface area contributed by atoms with Crippen molar-refractivity contribution in [2.45, 2.75) is 19.8 Å². The second-order valence-electron chi connectivity index (χ2n) is 5.49. The van der Waals surface area contributed by atoms with E-state index in [0.717, 1.165) is 18.5 Å². The molecule has 2 aromatic heterocycles. The van der Waals surface area contributed by atoms with Gasteiger partial charge in [-0.3, -0.25) is 4.79 Å². The fourth-order valence-electron chi connectivity index (χ4n) is 2.49. The number of carbonyl (C=O) groups is 1. The molecule has 2 heterocycles. The summed E-state index contributed by atoms with van der Waals surface area (Å²) in [6.45, 7) is 3.05. The monoisotopic (exact) mass is 355 g/mol. The standard InChI is InChI=1S/C19H21N3O2S/c1-2-24-18-14-17(21-22(18)15-8-4-3-5-9-15)19(23)20-12-6-10-16-11-7-13-25-16/h3-5,7-9,11,13-14H,2,6,10,12H2,1H3,(H,20,23). The van der Waals surface area contributed by atoms with Crippen LogP contribution in [0.3, 0.4) is 0 Å². The average Bonchev–Trinajstić information content (AvgIpc) is 3.29. The third kappa shape index (κ3) is 4.48. The minimum absolute atomic E-state index is 0.179. The second-order valence-corrected chi connectivity index (χ2v) is 6.52. The van der Waals surface area contributed by atoms with Crippen molar-refractivity contribution in [1.82, 2.24) is 15.1 Å². The zero-order valence-electron chi connectivity index (χ0n) is 14.1. The highest BCUT2D eigenvalue weighted by atomic mass is 32.1. The molecule has 0 atom stereocenters. The molecule has 0 fully saturated rings. The molecule has 0 aliphatic rings. The van der Waals surface area contributed by atoms with E-state index >= 15 is 0 Å². The normalized spacial score (nSPS) is 10.6. The van der Waals surface area contributed by atoms with Crippen LogP contribution < -0.4 is 10.1 Å². The number of hydrogen-bond donors (Lipinski definition) is 1. The molecule has 1 amide bonds. The molecule has 0 bridgehead atoms. The Labute approximate surface area is 151 Å². The summed E-state index contributed by atoms with van der Waals surface area (Å²) in [5, 5.41) is 9.41. The van der Waals surface area contributed by atoms with E-state index in [-0.39, 0.29) is 5.91 Å². The zero-order valence-corrected chi connectivity index (χ0v) is 15.0. The fraction of sp³-hybridized carbons (Fsp3) is 0.263. The van der Waals surface area contributed by atoms with Crippen molar-refractivity contribution in [1.29, 1.82) is 0 Å². The lowest BCUT2D eigenvalue weighted by molar-refractivity contribution is 0.0948. The van der Waals surface area contributed by atoms with E-state index in [0.29, 0.717) is 24.7 Å². The summed E-state index contributed by atoms with van der Waals surface area (Å²) in [5.74, 6) is 0.388. The van der Waals surface area contributed by atoms with E-state index < -0.39 is 0 Å². The van der Waals surface area contributed by atoms with Crippen molar-refractivity contribution in [2.24, 2.45) is 0 Å². The van der Waals surface area contributed by atoms with Gasteiger partial charge < -0.3 is 10.1 Å². The summed E-state index contributed by atoms with van der Waals surface area (Å²) >= 11 is 1.74. The van der Waals surface area contributed by atoms with Gasteiger partial charge in [-0.1, -0.05) is 24.3 Å². The van der Waals surface area contributed by atoms with Crippen LogP contribution in [0.4, 0.5) is 0 Å². The van der Waals surface area contributed by atoms with Gasteiger partial charge in [-0.25, -0.2) is 4.68 Å². The van der Waals surface area contributed by atoms with Gasteiger partial charge in [0.05, 0.1) is 12.3 Å². The Morgan fingerprint density at radius 3 is 2.80 bits per heavy atom. The van der Waals surface area contributed by atoms with Gasteiger partial charge in [0.1, 0.15) is 0 Å². The molecule has 1 N–H and O–H groups in total. The first kappa shape index (κ1) is 17.2. The highest BCUT2D eigenvalue weighted by molar-refractivity contribution is 7.09. The van der Waals surface area contributed by atoms with Gasteiger partial charge in [-0.2, -0.15) is 5.10 Å². The number of nitrogens with one attached hydrogen (secondary N) is 1. The van der Waals surface area contributed by atoms with E-state index in [9.17, 15) is 4.79 Å². The van der Waals surface area contributed by atoms with Crippen LogP contribution in [0.5, 0.6) is 5.88 Å². The minimum Gasteiger partial charge on any atom is -0.478 e. The number of nitrogens with zero attached hydrogens (tertiary/aromatic N) is 2. The lowest BCUT2D eigenvalue weighted by Gasteiger charge is -2.06. The Hall–Kier alpha value is -2.60. The topological polar surface area (TPSA) is 56.1 Å². The van der Waals surface area contributed by atoms with Crippen LogP contribution in [0.1, 0.15) is 28.7 Å². The van der Waals surface area contributed by atoms with Crippen LogP contribution in [0.15, 0.2) is 53.9 Å². The van der Waals surface area contributed by atoms with Crippen molar-refractivity contribution < 1.29 is 9.53 Å². The van der Waals surface area contributed by atoms with Crippen LogP contribution >= 0.6 is 11.3 Å². The first-order valence-corrected chi connectivity index (χ1v) is 9.24. The zero-order chi connectivity index (χ0) is 17.5. The summed E-state index contributed by atoms with van der Waals surface area (Å²) in [6.07, 6.45) is 1.88. The predicted molar refractivity (Wildman–Crippen MR) is 99.7 cm³/mol. The molecule has 0 aliphatic carbocycles. The molecule has 0 aliphatic heterocycles. The van der Waals surface area contributed by atoms with E-state index in [1.54, 1.807) is 22.1 Å². The molecule has 0 unspecified atom stereocenters. The Morgan fingerprint density at radius 1 is 1.24 bits per heavy atom. The molecule has 0 saturated heterocycles. The van der Waals surface area contributed by atoms with Gasteiger partial charge in [0, 0.05) is 17.5 Å².